The summed E-state index contributed by atoms with van der Waals surface area (Å²) < 4.78 is 6.01. The molecule has 0 aromatic rings. The monoisotopic (exact) mass is 280 g/mol. The van der Waals surface area contributed by atoms with Crippen LogP contribution in [0.15, 0.2) is 12.2 Å². The summed E-state index contributed by atoms with van der Waals surface area (Å²) in [5.41, 5.74) is -0.974. The van der Waals surface area contributed by atoms with Gasteiger partial charge in [-0.15, -0.1) is 0 Å². The lowest BCUT2D eigenvalue weighted by atomic mass is 9.83. The Morgan fingerprint density at radius 2 is 2.10 bits per heavy atom. The van der Waals surface area contributed by atoms with Gasteiger partial charge in [-0.05, 0) is 32.1 Å². The van der Waals surface area contributed by atoms with E-state index in [1.165, 1.54) is 11.0 Å². The van der Waals surface area contributed by atoms with Gasteiger partial charge in [-0.3, -0.25) is 4.90 Å². The summed E-state index contributed by atoms with van der Waals surface area (Å²) in [5, 5.41) is 18.0. The van der Waals surface area contributed by atoms with E-state index in [0.717, 1.165) is 0 Å². The number of amides is 1. The molecular formula is C15H24N2O3. The van der Waals surface area contributed by atoms with Crippen LogP contribution in [0.4, 0.5) is 4.79 Å². The number of hydrogen-bond donors (Lipinski definition) is 1. The maximum atomic E-state index is 11.6. The van der Waals surface area contributed by atoms with Gasteiger partial charge in [-0.25, -0.2) is 4.79 Å². The lowest BCUT2D eigenvalue weighted by molar-refractivity contribution is -0.0925. The van der Waals surface area contributed by atoms with E-state index in [1.54, 1.807) is 19.9 Å². The Kier molecular flexibility index (Phi) is 4.82. The fourth-order valence-corrected chi connectivity index (χ4v) is 2.79. The van der Waals surface area contributed by atoms with Crippen molar-refractivity contribution in [3.05, 3.63) is 12.2 Å². The normalized spacial score (nSPS) is 25.9. The van der Waals surface area contributed by atoms with Crippen LogP contribution < -0.4 is 0 Å². The molecule has 0 bridgehead atoms. The zero-order valence-corrected chi connectivity index (χ0v) is 12.9. The molecular weight excluding hydrogens is 256 g/mol. The largest absolute Gasteiger partial charge is 0.465 e. The van der Waals surface area contributed by atoms with Gasteiger partial charge >= 0.3 is 6.09 Å². The average Bonchev–Trinajstić information content (AvgIpc) is 2.55. The molecule has 20 heavy (non-hydrogen) atoms. The average molecular weight is 280 g/mol. The molecule has 1 fully saturated rings. The molecule has 0 radical (unpaired) electrons. The Hall–Kier alpha value is -1.54. The molecule has 1 rings (SSSR count). The van der Waals surface area contributed by atoms with Crippen LogP contribution in [-0.2, 0) is 4.74 Å². The van der Waals surface area contributed by atoms with Crippen molar-refractivity contribution in [3.63, 3.8) is 0 Å². The van der Waals surface area contributed by atoms with Crippen molar-refractivity contribution in [1.29, 1.82) is 5.26 Å². The second-order valence-electron chi connectivity index (χ2n) is 6.68. The molecule has 5 nitrogen and oxygen atoms in total. The summed E-state index contributed by atoms with van der Waals surface area (Å²) in [6, 6.07) is 1.74. The van der Waals surface area contributed by atoms with Crippen LogP contribution in [0.5, 0.6) is 0 Å². The lowest BCUT2D eigenvalue weighted by Gasteiger charge is -2.32. The molecule has 112 valence electrons. The van der Waals surface area contributed by atoms with Crippen molar-refractivity contribution in [3.8, 4) is 6.07 Å². The summed E-state index contributed by atoms with van der Waals surface area (Å²) in [4.78, 5) is 13.0. The summed E-state index contributed by atoms with van der Waals surface area (Å²) >= 11 is 0. The Labute approximate surface area is 120 Å². The number of allylic oxidation sites excluding steroid dienone is 2. The molecule has 1 amide bonds. The van der Waals surface area contributed by atoms with Gasteiger partial charge < -0.3 is 9.84 Å². The first-order valence-corrected chi connectivity index (χ1v) is 6.86. The standard InChI is InChI=1S/C15H24N2O3/c1-14(2,3)12-11(9-7-6-8-10-16)17(13(18)19)15(4,5)20-12/h6,8,11-12H,7,9H2,1-5H3,(H,18,19). The van der Waals surface area contributed by atoms with Crippen molar-refractivity contribution in [2.24, 2.45) is 5.41 Å². The lowest BCUT2D eigenvalue weighted by Crippen LogP contribution is -2.48. The first-order chi connectivity index (χ1) is 9.11. The maximum absolute atomic E-state index is 11.6. The Balaban J connectivity index is 2.99. The first-order valence-electron chi connectivity index (χ1n) is 6.86. The van der Waals surface area contributed by atoms with E-state index >= 15 is 0 Å². The van der Waals surface area contributed by atoms with E-state index in [-0.39, 0.29) is 17.6 Å². The highest BCUT2D eigenvalue weighted by molar-refractivity contribution is 5.67. The number of nitrogens with zero attached hydrogens (tertiary/aromatic N) is 2. The summed E-state index contributed by atoms with van der Waals surface area (Å²) in [6.07, 6.45) is 3.38. The highest BCUT2D eigenvalue weighted by Gasteiger charge is 2.53. The second-order valence-corrected chi connectivity index (χ2v) is 6.68. The third-order valence-electron chi connectivity index (χ3n) is 3.56. The Morgan fingerprint density at radius 3 is 2.55 bits per heavy atom. The topological polar surface area (TPSA) is 73.6 Å². The number of nitriles is 1. The van der Waals surface area contributed by atoms with E-state index in [1.807, 2.05) is 6.07 Å². The highest BCUT2D eigenvalue weighted by Crippen LogP contribution is 2.41. The van der Waals surface area contributed by atoms with Gasteiger partial charge in [-0.2, -0.15) is 5.26 Å². The summed E-state index contributed by atoms with van der Waals surface area (Å²) in [6.45, 7) is 9.72. The van der Waals surface area contributed by atoms with Gasteiger partial charge in [0.15, 0.2) is 0 Å². The van der Waals surface area contributed by atoms with Gasteiger partial charge in [-0.1, -0.05) is 26.8 Å². The Bertz CT molecular complexity index is 429. The minimum Gasteiger partial charge on any atom is -0.465 e. The summed E-state index contributed by atoms with van der Waals surface area (Å²) in [5.74, 6) is 0. The first kappa shape index (κ1) is 16.5. The fourth-order valence-electron chi connectivity index (χ4n) is 2.79. The predicted octanol–water partition coefficient (Wildman–Crippen LogP) is 3.38. The highest BCUT2D eigenvalue weighted by atomic mass is 16.6. The van der Waals surface area contributed by atoms with Crippen LogP contribution in [0.3, 0.4) is 0 Å². The molecule has 1 heterocycles. The van der Waals surface area contributed by atoms with Crippen LogP contribution in [0, 0.1) is 16.7 Å². The smallest absolute Gasteiger partial charge is 0.409 e. The van der Waals surface area contributed by atoms with Crippen molar-refractivity contribution >= 4 is 6.09 Å². The molecule has 1 aliphatic rings. The molecule has 0 aliphatic carbocycles. The van der Waals surface area contributed by atoms with Gasteiger partial charge in [0, 0.05) is 6.08 Å². The van der Waals surface area contributed by atoms with Crippen molar-refractivity contribution in [2.75, 3.05) is 0 Å². The molecule has 1 N–H and O–H groups in total. The van der Waals surface area contributed by atoms with Gasteiger partial charge in [0.05, 0.1) is 18.2 Å². The van der Waals surface area contributed by atoms with E-state index in [4.69, 9.17) is 10.00 Å². The number of carboxylic acid groups (broad SMARTS) is 1. The number of carbonyl (C=O) groups is 1. The van der Waals surface area contributed by atoms with E-state index in [0.29, 0.717) is 12.8 Å². The number of hydrogen-bond acceptors (Lipinski definition) is 3. The van der Waals surface area contributed by atoms with Crippen LogP contribution in [-0.4, -0.2) is 34.0 Å². The van der Waals surface area contributed by atoms with Crippen LogP contribution in [0.2, 0.25) is 0 Å². The number of rotatable bonds is 3. The SMILES string of the molecule is CC(C)(C)C1OC(C)(C)N(C(=O)O)C1CCC=CC#N. The Morgan fingerprint density at radius 1 is 1.50 bits per heavy atom. The molecule has 0 spiro atoms. The molecule has 2 unspecified atom stereocenters. The molecule has 1 aliphatic heterocycles. The van der Waals surface area contributed by atoms with E-state index in [9.17, 15) is 9.90 Å². The second kappa shape index (κ2) is 5.84. The quantitative estimate of drug-likeness (QED) is 0.804. The molecule has 0 aromatic carbocycles. The zero-order chi connectivity index (χ0) is 15.6. The minimum atomic E-state index is -0.962. The van der Waals surface area contributed by atoms with Crippen LogP contribution in [0.1, 0.15) is 47.5 Å². The van der Waals surface area contributed by atoms with Crippen LogP contribution in [0.25, 0.3) is 0 Å². The van der Waals surface area contributed by atoms with Gasteiger partial charge in [0.25, 0.3) is 0 Å². The fraction of sp³-hybridized carbons (Fsp3) is 0.733. The third kappa shape index (κ3) is 3.51. The molecule has 0 saturated carbocycles. The third-order valence-corrected chi connectivity index (χ3v) is 3.56. The predicted molar refractivity (Wildman–Crippen MR) is 76.0 cm³/mol. The van der Waals surface area contributed by atoms with Crippen molar-refractivity contribution in [1.82, 2.24) is 4.90 Å². The minimum absolute atomic E-state index is 0.148. The number of ether oxygens (including phenoxy) is 1. The summed E-state index contributed by atoms with van der Waals surface area (Å²) in [7, 11) is 0. The van der Waals surface area contributed by atoms with Gasteiger partial charge in [0.1, 0.15) is 5.72 Å². The maximum Gasteiger partial charge on any atom is 0.409 e. The van der Waals surface area contributed by atoms with Crippen LogP contribution >= 0.6 is 0 Å². The zero-order valence-electron chi connectivity index (χ0n) is 12.9. The van der Waals surface area contributed by atoms with E-state index in [2.05, 4.69) is 20.8 Å². The molecule has 5 heteroatoms. The van der Waals surface area contributed by atoms with Crippen molar-refractivity contribution in [2.45, 2.75) is 65.3 Å². The van der Waals surface area contributed by atoms with Gasteiger partial charge in [0.2, 0.25) is 0 Å². The van der Waals surface area contributed by atoms with E-state index < -0.39 is 11.8 Å². The molecule has 2 atom stereocenters. The van der Waals surface area contributed by atoms with Crippen molar-refractivity contribution < 1.29 is 14.6 Å². The molecule has 0 aromatic heterocycles. The molecule has 1 saturated heterocycles.